The van der Waals surface area contributed by atoms with E-state index in [0.29, 0.717) is 5.75 Å². The molecule has 0 amide bonds. The van der Waals surface area contributed by atoms with Crippen LogP contribution in [0.3, 0.4) is 0 Å². The van der Waals surface area contributed by atoms with Gasteiger partial charge in [-0.2, -0.15) is 0 Å². The predicted molar refractivity (Wildman–Crippen MR) is 84.5 cm³/mol. The van der Waals surface area contributed by atoms with Gasteiger partial charge in [-0.25, -0.2) is 4.79 Å². The molecule has 0 bridgehead atoms. The van der Waals surface area contributed by atoms with Crippen LogP contribution >= 0.6 is 0 Å². The Kier molecular flexibility index (Phi) is 3.46. The van der Waals surface area contributed by atoms with Gasteiger partial charge < -0.3 is 19.2 Å². The molecule has 0 spiro atoms. The van der Waals surface area contributed by atoms with Crippen molar-refractivity contribution in [1.29, 1.82) is 0 Å². The minimum atomic E-state index is -0.664. The Morgan fingerprint density at radius 1 is 1.35 bits per heavy atom. The summed E-state index contributed by atoms with van der Waals surface area (Å²) in [5, 5.41) is 1.66. The number of likely N-dealkylation sites (N-methyl/N-ethyl adjacent to an activating group) is 1. The van der Waals surface area contributed by atoms with Gasteiger partial charge in [0.2, 0.25) is 0 Å². The minimum Gasteiger partial charge on any atom is -0.394 e. The summed E-state index contributed by atoms with van der Waals surface area (Å²) < 4.78 is 11.2. The number of carbonyl (C=O) groups is 1. The Morgan fingerprint density at radius 3 is 2.91 bits per heavy atom. The average molecular weight is 318 g/mol. The van der Waals surface area contributed by atoms with E-state index in [1.165, 1.54) is 5.56 Å². The molecule has 0 aromatic heterocycles. The maximum absolute atomic E-state index is 11.9. The molecule has 3 heterocycles. The second kappa shape index (κ2) is 5.39. The van der Waals surface area contributed by atoms with Crippen LogP contribution in [0.2, 0.25) is 0 Å². The molecule has 2 atom stereocenters. The molecule has 2 saturated heterocycles. The van der Waals surface area contributed by atoms with Crippen molar-refractivity contribution in [2.24, 2.45) is 0 Å². The van der Waals surface area contributed by atoms with Gasteiger partial charge in [-0.05, 0) is 43.0 Å². The van der Waals surface area contributed by atoms with Gasteiger partial charge in [0.25, 0.3) is 0 Å². The summed E-state index contributed by atoms with van der Waals surface area (Å²) in [6, 6.07) is 5.75. The first-order chi connectivity index (χ1) is 11.1. The molecule has 3 aliphatic rings. The highest BCUT2D eigenvalue weighted by molar-refractivity contribution is 5.68. The first-order valence-electron chi connectivity index (χ1n) is 8.22. The number of hydroxylamine groups is 2. The van der Waals surface area contributed by atoms with Gasteiger partial charge in [0, 0.05) is 31.2 Å². The molecule has 2 fully saturated rings. The molecule has 0 radical (unpaired) electrons. The largest absolute Gasteiger partial charge is 0.533 e. The normalized spacial score (nSPS) is 29.5. The Morgan fingerprint density at radius 2 is 2.13 bits per heavy atom. The van der Waals surface area contributed by atoms with E-state index < -0.39 is 6.16 Å². The van der Waals surface area contributed by atoms with Crippen molar-refractivity contribution in [3.05, 3.63) is 23.8 Å². The van der Waals surface area contributed by atoms with Crippen LogP contribution in [-0.4, -0.2) is 44.2 Å². The lowest BCUT2D eigenvalue weighted by molar-refractivity contribution is -0.0986. The minimum absolute atomic E-state index is 0.0533. The van der Waals surface area contributed by atoms with Gasteiger partial charge in [-0.15, -0.1) is 5.06 Å². The Bertz CT molecular complexity index is 629. The summed E-state index contributed by atoms with van der Waals surface area (Å²) >= 11 is 0. The number of carbonyl (C=O) groups excluding carboxylic acids is 1. The molecule has 0 saturated carbocycles. The van der Waals surface area contributed by atoms with Crippen LogP contribution in [0.1, 0.15) is 31.7 Å². The molecule has 23 heavy (non-hydrogen) atoms. The molecule has 0 aliphatic carbocycles. The first-order valence-corrected chi connectivity index (χ1v) is 8.22. The van der Waals surface area contributed by atoms with Gasteiger partial charge in [0.05, 0.1) is 6.61 Å². The molecule has 1 aromatic rings. The highest BCUT2D eigenvalue weighted by atomic mass is 16.8. The van der Waals surface area contributed by atoms with Crippen molar-refractivity contribution < 1.29 is 19.1 Å². The van der Waals surface area contributed by atoms with Crippen LogP contribution in [-0.2, 0) is 15.0 Å². The van der Waals surface area contributed by atoms with E-state index in [9.17, 15) is 4.79 Å². The number of nitrogens with zero attached hydrogens (tertiary/aromatic N) is 2. The highest BCUT2D eigenvalue weighted by Crippen LogP contribution is 2.51. The van der Waals surface area contributed by atoms with E-state index >= 15 is 0 Å². The Balaban J connectivity index is 1.52. The first kappa shape index (κ1) is 14.8. The summed E-state index contributed by atoms with van der Waals surface area (Å²) in [5.74, 6) is 0.523. The number of hydrogen-bond acceptors (Lipinski definition) is 6. The van der Waals surface area contributed by atoms with Gasteiger partial charge in [0.15, 0.2) is 0 Å². The predicted octanol–water partition coefficient (Wildman–Crippen LogP) is 2.67. The van der Waals surface area contributed by atoms with Crippen molar-refractivity contribution in [3.8, 4) is 5.75 Å². The number of benzene rings is 1. The zero-order valence-corrected chi connectivity index (χ0v) is 13.6. The maximum Gasteiger partial charge on any atom is 0.533 e. The van der Waals surface area contributed by atoms with Crippen molar-refractivity contribution in [2.75, 3.05) is 31.6 Å². The third-order valence-corrected chi connectivity index (χ3v) is 5.23. The van der Waals surface area contributed by atoms with Gasteiger partial charge >= 0.3 is 6.16 Å². The quantitative estimate of drug-likeness (QED) is 0.617. The fraction of sp³-hybridized carbons (Fsp3) is 0.588. The molecule has 6 heteroatoms. The number of rotatable bonds is 2. The van der Waals surface area contributed by atoms with E-state index in [4.69, 9.17) is 14.3 Å². The van der Waals surface area contributed by atoms with E-state index in [1.807, 2.05) is 25.2 Å². The summed E-state index contributed by atoms with van der Waals surface area (Å²) in [5.41, 5.74) is 2.26. The molecule has 6 nitrogen and oxygen atoms in total. The van der Waals surface area contributed by atoms with E-state index in [1.54, 1.807) is 5.06 Å². The van der Waals surface area contributed by atoms with Crippen molar-refractivity contribution >= 4 is 11.8 Å². The maximum atomic E-state index is 11.9. The zero-order chi connectivity index (χ0) is 16.0. The number of ether oxygens (including phenoxy) is 2. The standard InChI is InChI=1S/C17H22N2O4/c1-17-7-10-21-15(17)18(2)14-6-5-12(11-13(14)17)22-16(20)23-19-8-3-4-9-19/h5-6,11,15H,3-4,7-10H2,1-2H3/t15-,17-/m0/s1. The van der Waals surface area contributed by atoms with Crippen molar-refractivity contribution in [2.45, 2.75) is 37.8 Å². The topological polar surface area (TPSA) is 51.2 Å². The third-order valence-electron chi connectivity index (χ3n) is 5.23. The van der Waals surface area contributed by atoms with Crippen LogP contribution < -0.4 is 9.64 Å². The van der Waals surface area contributed by atoms with E-state index in [0.717, 1.165) is 44.6 Å². The third kappa shape index (κ3) is 2.37. The lowest BCUT2D eigenvalue weighted by Gasteiger charge is -2.26. The Hall–Kier alpha value is -1.79. The SMILES string of the molecule is CN1c2ccc(OC(=O)ON3CCCC3)cc2[C@]2(C)CCO[C@H]12. The van der Waals surface area contributed by atoms with Crippen molar-refractivity contribution in [1.82, 2.24) is 5.06 Å². The molecule has 1 aromatic carbocycles. The van der Waals surface area contributed by atoms with Gasteiger partial charge in [0.1, 0.15) is 12.0 Å². The second-order valence-electron chi connectivity index (χ2n) is 6.76. The average Bonchev–Trinajstić information content (AvgIpc) is 3.20. The highest BCUT2D eigenvalue weighted by Gasteiger charge is 2.50. The van der Waals surface area contributed by atoms with Gasteiger partial charge in [-0.1, -0.05) is 6.92 Å². The van der Waals surface area contributed by atoms with Crippen LogP contribution in [0, 0.1) is 0 Å². The van der Waals surface area contributed by atoms with Crippen LogP contribution in [0.4, 0.5) is 10.5 Å². The van der Waals surface area contributed by atoms with Crippen LogP contribution in [0.5, 0.6) is 5.75 Å². The van der Waals surface area contributed by atoms with Gasteiger partial charge in [-0.3, -0.25) is 0 Å². The second-order valence-corrected chi connectivity index (χ2v) is 6.76. The smallest absolute Gasteiger partial charge is 0.394 e. The molecular formula is C17H22N2O4. The Labute approximate surface area is 135 Å². The summed E-state index contributed by atoms with van der Waals surface area (Å²) in [6.45, 7) is 4.52. The number of hydrogen-bond donors (Lipinski definition) is 0. The molecule has 0 N–H and O–H groups in total. The lowest BCUT2D eigenvalue weighted by Crippen LogP contribution is -2.37. The number of anilines is 1. The molecule has 124 valence electrons. The number of fused-ring (bicyclic) bond motifs is 3. The van der Waals surface area contributed by atoms with E-state index in [2.05, 4.69) is 11.8 Å². The summed E-state index contributed by atoms with van der Waals surface area (Å²) in [6.07, 6.45) is 2.47. The molecule has 3 aliphatic heterocycles. The summed E-state index contributed by atoms with van der Waals surface area (Å²) in [7, 11) is 2.04. The molecule has 4 rings (SSSR count). The van der Waals surface area contributed by atoms with Crippen molar-refractivity contribution in [3.63, 3.8) is 0 Å². The fourth-order valence-electron chi connectivity index (χ4n) is 3.97. The zero-order valence-electron chi connectivity index (χ0n) is 13.6. The van der Waals surface area contributed by atoms with E-state index in [-0.39, 0.29) is 11.6 Å². The molecule has 0 unspecified atom stereocenters. The summed E-state index contributed by atoms with van der Waals surface area (Å²) in [4.78, 5) is 19.3. The van der Waals surface area contributed by atoms with Crippen LogP contribution in [0.15, 0.2) is 18.2 Å². The lowest BCUT2D eigenvalue weighted by atomic mass is 9.82. The molecular weight excluding hydrogens is 296 g/mol. The monoisotopic (exact) mass is 318 g/mol. The van der Waals surface area contributed by atoms with Crippen LogP contribution in [0.25, 0.3) is 0 Å². The fourth-order valence-corrected chi connectivity index (χ4v) is 3.97.